The molecule has 4 nitrogen and oxygen atoms in total. The molecule has 130 valence electrons. The summed E-state index contributed by atoms with van der Waals surface area (Å²) in [5, 5.41) is 3.05. The van der Waals surface area contributed by atoms with Gasteiger partial charge in [-0.25, -0.2) is 0 Å². The SMILES string of the molecule is BC(=O)CNC(=O)c1ccc(C(=O)C(CS)CSC(C)CC)cc1. The van der Waals surface area contributed by atoms with E-state index in [1.54, 1.807) is 36.0 Å². The smallest absolute Gasteiger partial charge is 0.251 e. The van der Waals surface area contributed by atoms with E-state index in [9.17, 15) is 14.4 Å². The van der Waals surface area contributed by atoms with Gasteiger partial charge in [-0.05, 0) is 18.6 Å². The number of hydrogen-bond donors (Lipinski definition) is 2. The Morgan fingerprint density at radius 1 is 1.21 bits per heavy atom. The molecule has 0 saturated heterocycles. The number of Topliss-reactive ketones (excluding diaryl/α,β-unsaturated/α-hetero) is 1. The molecule has 0 aliphatic rings. The van der Waals surface area contributed by atoms with Gasteiger partial charge in [0.2, 0.25) is 0 Å². The molecule has 0 aromatic heterocycles. The van der Waals surface area contributed by atoms with Crippen LogP contribution in [-0.4, -0.2) is 48.5 Å². The molecule has 0 radical (unpaired) electrons. The van der Waals surface area contributed by atoms with Crippen molar-refractivity contribution >= 4 is 49.6 Å². The van der Waals surface area contributed by atoms with E-state index >= 15 is 0 Å². The molecule has 0 aliphatic carbocycles. The van der Waals surface area contributed by atoms with Crippen molar-refractivity contribution in [3.63, 3.8) is 0 Å². The fourth-order valence-electron chi connectivity index (χ4n) is 1.94. The molecule has 1 amide bonds. The van der Waals surface area contributed by atoms with Crippen molar-refractivity contribution in [2.45, 2.75) is 25.5 Å². The predicted octanol–water partition coefficient (Wildman–Crippen LogP) is 1.84. The van der Waals surface area contributed by atoms with Crippen molar-refractivity contribution in [1.82, 2.24) is 5.32 Å². The Balaban J connectivity index is 2.70. The summed E-state index contributed by atoms with van der Waals surface area (Å²) in [5.74, 6) is 0.852. The van der Waals surface area contributed by atoms with E-state index in [2.05, 4.69) is 31.8 Å². The van der Waals surface area contributed by atoms with Crippen LogP contribution in [0.5, 0.6) is 0 Å². The molecule has 7 heteroatoms. The lowest BCUT2D eigenvalue weighted by atomic mass is 9.99. The monoisotopic (exact) mass is 365 g/mol. The first-order valence-electron chi connectivity index (χ1n) is 8.03. The Labute approximate surface area is 154 Å². The minimum absolute atomic E-state index is 0.00801. The lowest BCUT2D eigenvalue weighted by Crippen LogP contribution is -2.29. The highest BCUT2D eigenvalue weighted by molar-refractivity contribution is 7.99. The summed E-state index contributed by atoms with van der Waals surface area (Å²) in [6, 6.07) is 6.55. The van der Waals surface area contributed by atoms with E-state index in [1.807, 2.05) is 0 Å². The number of nitrogens with one attached hydrogen (secondary N) is 1. The number of amides is 1. The van der Waals surface area contributed by atoms with Gasteiger partial charge in [-0.2, -0.15) is 24.4 Å². The van der Waals surface area contributed by atoms with Crippen LogP contribution in [0.15, 0.2) is 24.3 Å². The van der Waals surface area contributed by atoms with Gasteiger partial charge in [-0.3, -0.25) is 9.59 Å². The first-order chi connectivity index (χ1) is 11.4. The maximum absolute atomic E-state index is 12.6. The van der Waals surface area contributed by atoms with Crippen molar-refractivity contribution in [2.24, 2.45) is 5.92 Å². The summed E-state index contributed by atoms with van der Waals surface area (Å²) in [6.45, 7) is 4.29. The van der Waals surface area contributed by atoms with E-state index < -0.39 is 0 Å². The number of hydrogen-bond acceptors (Lipinski definition) is 5. The fourth-order valence-corrected chi connectivity index (χ4v) is 3.47. The molecule has 0 saturated carbocycles. The van der Waals surface area contributed by atoms with Crippen LogP contribution in [0.3, 0.4) is 0 Å². The highest BCUT2D eigenvalue weighted by Gasteiger charge is 2.20. The molecule has 1 aromatic rings. The van der Waals surface area contributed by atoms with E-state index in [-0.39, 0.29) is 29.8 Å². The molecule has 0 spiro atoms. The Bertz CT molecular complexity index is 578. The number of ketones is 1. The van der Waals surface area contributed by atoms with Gasteiger partial charge in [-0.15, -0.1) is 0 Å². The minimum Gasteiger partial charge on any atom is -0.346 e. The Morgan fingerprint density at radius 2 is 1.79 bits per heavy atom. The molecule has 0 aliphatic heterocycles. The number of benzene rings is 1. The van der Waals surface area contributed by atoms with Crippen molar-refractivity contribution < 1.29 is 14.4 Å². The summed E-state index contributed by atoms with van der Waals surface area (Å²) in [4.78, 5) is 35.3. The van der Waals surface area contributed by atoms with Gasteiger partial charge in [0.15, 0.2) is 13.6 Å². The molecule has 1 aromatic carbocycles. The summed E-state index contributed by atoms with van der Waals surface area (Å²) in [5.41, 5.74) is 0.914. The van der Waals surface area contributed by atoms with Crippen molar-refractivity contribution in [3.8, 4) is 0 Å². The number of carbonyl (C=O) groups is 3. The topological polar surface area (TPSA) is 63.2 Å². The summed E-state index contributed by atoms with van der Waals surface area (Å²) < 4.78 is 0. The van der Waals surface area contributed by atoms with Gasteiger partial charge >= 0.3 is 0 Å². The minimum atomic E-state index is -0.317. The molecule has 0 bridgehead atoms. The van der Waals surface area contributed by atoms with Crippen LogP contribution >= 0.6 is 24.4 Å². The highest BCUT2D eigenvalue weighted by Crippen LogP contribution is 2.21. The van der Waals surface area contributed by atoms with Crippen LogP contribution < -0.4 is 5.32 Å². The second-order valence-corrected chi connectivity index (χ2v) is 7.59. The second kappa shape index (κ2) is 10.6. The lowest BCUT2D eigenvalue weighted by Gasteiger charge is -2.16. The molecular formula is C17H24BNO3S2. The van der Waals surface area contributed by atoms with E-state index in [4.69, 9.17) is 0 Å². The van der Waals surface area contributed by atoms with Gasteiger partial charge in [0, 0.05) is 33.8 Å². The van der Waals surface area contributed by atoms with Crippen LogP contribution in [0.4, 0.5) is 0 Å². The van der Waals surface area contributed by atoms with Crippen LogP contribution in [0.25, 0.3) is 0 Å². The number of thioether (sulfide) groups is 1. The molecule has 0 fully saturated rings. The zero-order valence-electron chi connectivity index (χ0n) is 14.4. The highest BCUT2D eigenvalue weighted by atomic mass is 32.2. The zero-order valence-corrected chi connectivity index (χ0v) is 16.1. The largest absolute Gasteiger partial charge is 0.346 e. The third-order valence-corrected chi connectivity index (χ3v) is 5.62. The summed E-state index contributed by atoms with van der Waals surface area (Å²) >= 11 is 6.09. The Morgan fingerprint density at radius 3 is 2.29 bits per heavy atom. The normalized spacial score (nSPS) is 13.1. The predicted molar refractivity (Wildman–Crippen MR) is 106 cm³/mol. The molecule has 24 heavy (non-hydrogen) atoms. The first-order valence-corrected chi connectivity index (χ1v) is 9.71. The maximum Gasteiger partial charge on any atom is 0.251 e. The van der Waals surface area contributed by atoms with E-state index in [1.165, 1.54) is 7.85 Å². The third-order valence-electron chi connectivity index (χ3n) is 3.68. The van der Waals surface area contributed by atoms with Gasteiger partial charge in [-0.1, -0.05) is 26.0 Å². The molecule has 2 atom stereocenters. The zero-order chi connectivity index (χ0) is 18.1. The lowest BCUT2D eigenvalue weighted by molar-refractivity contribution is -0.110. The van der Waals surface area contributed by atoms with Crippen molar-refractivity contribution in [2.75, 3.05) is 18.1 Å². The van der Waals surface area contributed by atoms with Crippen molar-refractivity contribution in [1.29, 1.82) is 0 Å². The number of carbonyl (C=O) groups excluding carboxylic acids is 3. The summed E-state index contributed by atoms with van der Waals surface area (Å²) in [6.07, 6.45) is 1.07. The van der Waals surface area contributed by atoms with Gasteiger partial charge in [0.25, 0.3) is 5.91 Å². The quantitative estimate of drug-likeness (QED) is 0.377. The molecule has 1 rings (SSSR count). The van der Waals surface area contributed by atoms with Crippen LogP contribution in [0, 0.1) is 5.92 Å². The number of thiol groups is 1. The summed E-state index contributed by atoms with van der Waals surface area (Å²) in [7, 11) is 1.41. The fraction of sp³-hybridized carbons (Fsp3) is 0.471. The van der Waals surface area contributed by atoms with Crippen LogP contribution in [0.2, 0.25) is 0 Å². The second-order valence-electron chi connectivity index (χ2n) is 5.76. The molecule has 0 heterocycles. The average Bonchev–Trinajstić information content (AvgIpc) is 2.59. The van der Waals surface area contributed by atoms with Gasteiger partial charge < -0.3 is 10.1 Å². The third kappa shape index (κ3) is 6.73. The van der Waals surface area contributed by atoms with Crippen LogP contribution in [0.1, 0.15) is 41.0 Å². The molecular weight excluding hydrogens is 341 g/mol. The molecule has 1 N–H and O–H groups in total. The van der Waals surface area contributed by atoms with Gasteiger partial charge in [0.05, 0.1) is 6.54 Å². The maximum atomic E-state index is 12.6. The molecule has 2 unspecified atom stereocenters. The Hall–Kier alpha value is -1.21. The van der Waals surface area contributed by atoms with Crippen molar-refractivity contribution in [3.05, 3.63) is 35.4 Å². The average molecular weight is 365 g/mol. The van der Waals surface area contributed by atoms with E-state index in [0.29, 0.717) is 22.1 Å². The Kier molecular flexibility index (Phi) is 9.22. The van der Waals surface area contributed by atoms with Crippen LogP contribution in [-0.2, 0) is 4.79 Å². The first kappa shape index (κ1) is 20.8. The van der Waals surface area contributed by atoms with Gasteiger partial charge in [0.1, 0.15) is 5.68 Å². The number of rotatable bonds is 10. The standard InChI is InChI=1S/C17H24BNO3S2/c1-3-11(2)24-10-14(9-23)16(21)12-4-6-13(7-5-12)17(22)19-8-15(18)20/h4-7,11,14,23H,3,8-10,18H2,1-2H3,(H,19,22). The van der Waals surface area contributed by atoms with E-state index in [0.717, 1.165) is 12.2 Å².